The van der Waals surface area contributed by atoms with Gasteiger partial charge in [0.1, 0.15) is 0 Å². The van der Waals surface area contributed by atoms with Gasteiger partial charge < -0.3 is 5.32 Å². The highest BCUT2D eigenvalue weighted by Crippen LogP contribution is 2.02. The van der Waals surface area contributed by atoms with Gasteiger partial charge in [-0.05, 0) is 12.1 Å². The molecule has 2 aromatic rings. The van der Waals surface area contributed by atoms with E-state index in [4.69, 9.17) is 11.6 Å². The quantitative estimate of drug-likeness (QED) is 0.808. The third-order valence-electron chi connectivity index (χ3n) is 2.15. The largest absolute Gasteiger partial charge is 0.349 e. The number of halogens is 1. The number of aromatic nitrogens is 3. The summed E-state index contributed by atoms with van der Waals surface area (Å²) in [6, 6.07) is 5.64. The van der Waals surface area contributed by atoms with E-state index in [2.05, 4.69) is 15.5 Å². The molecule has 0 radical (unpaired) electrons. The molecule has 0 aliphatic heterocycles. The topological polar surface area (TPSA) is 59.3 Å². The molecule has 0 aromatic carbocycles. The van der Waals surface area contributed by atoms with Crippen LogP contribution in [0.4, 0.5) is 0 Å². The second-order valence-corrected chi connectivity index (χ2v) is 3.64. The molecule has 84 valence electrons. The Morgan fingerprint density at radius 2 is 2.31 bits per heavy atom. The normalized spacial score (nSPS) is 10.6. The lowest BCUT2D eigenvalue weighted by molar-refractivity contribution is -0.120. The van der Waals surface area contributed by atoms with Crippen molar-refractivity contribution in [3.05, 3.63) is 30.2 Å². The number of alkyl halides is 1. The van der Waals surface area contributed by atoms with Crippen molar-refractivity contribution in [2.45, 2.75) is 13.0 Å². The molecule has 1 N–H and O–H groups in total. The standard InChI is InChI=1S/C10H11ClN4O/c11-5-4-10(16)12-7-9-14-13-8-3-1-2-6-15(8)9/h1-3,6H,4-5,7H2,(H,12,16). The van der Waals surface area contributed by atoms with Gasteiger partial charge >= 0.3 is 0 Å². The molecule has 0 saturated carbocycles. The predicted octanol–water partition coefficient (Wildman–Crippen LogP) is 0.974. The number of hydrogen-bond acceptors (Lipinski definition) is 3. The Kier molecular flexibility index (Phi) is 3.36. The summed E-state index contributed by atoms with van der Waals surface area (Å²) in [5.74, 6) is 0.952. The Bertz CT molecular complexity index is 496. The van der Waals surface area contributed by atoms with Crippen molar-refractivity contribution in [3.8, 4) is 0 Å². The summed E-state index contributed by atoms with van der Waals surface area (Å²) in [5.41, 5.74) is 0.768. The van der Waals surface area contributed by atoms with Crippen molar-refractivity contribution < 1.29 is 4.79 Å². The van der Waals surface area contributed by atoms with Crippen molar-refractivity contribution >= 4 is 23.2 Å². The molecule has 2 rings (SSSR count). The van der Waals surface area contributed by atoms with Gasteiger partial charge in [-0.25, -0.2) is 0 Å². The number of amides is 1. The lowest BCUT2D eigenvalue weighted by Crippen LogP contribution is -2.23. The number of nitrogens with one attached hydrogen (secondary N) is 1. The third-order valence-corrected chi connectivity index (χ3v) is 2.34. The summed E-state index contributed by atoms with van der Waals surface area (Å²) in [6.07, 6.45) is 2.18. The highest BCUT2D eigenvalue weighted by molar-refractivity contribution is 6.18. The zero-order chi connectivity index (χ0) is 11.4. The van der Waals surface area contributed by atoms with Crippen molar-refractivity contribution in [2.75, 3.05) is 5.88 Å². The van der Waals surface area contributed by atoms with Gasteiger partial charge in [0.15, 0.2) is 11.5 Å². The average molecular weight is 239 g/mol. The summed E-state index contributed by atoms with van der Waals surface area (Å²) in [7, 11) is 0. The Balaban J connectivity index is 2.07. The minimum absolute atomic E-state index is 0.0809. The van der Waals surface area contributed by atoms with Crippen molar-refractivity contribution in [2.24, 2.45) is 0 Å². The zero-order valence-corrected chi connectivity index (χ0v) is 9.31. The second kappa shape index (κ2) is 4.94. The van der Waals surface area contributed by atoms with Gasteiger partial charge in [0.25, 0.3) is 0 Å². The molecule has 0 atom stereocenters. The molecule has 0 aliphatic carbocycles. The smallest absolute Gasteiger partial charge is 0.221 e. The van der Waals surface area contributed by atoms with Crippen LogP contribution in [0, 0.1) is 0 Å². The Morgan fingerprint density at radius 1 is 1.44 bits per heavy atom. The van der Waals surface area contributed by atoms with Crippen LogP contribution in [0.3, 0.4) is 0 Å². The van der Waals surface area contributed by atoms with Crippen molar-refractivity contribution in [1.29, 1.82) is 0 Å². The van der Waals surface area contributed by atoms with Crippen LogP contribution in [0.2, 0.25) is 0 Å². The maximum atomic E-state index is 11.2. The summed E-state index contributed by atoms with van der Waals surface area (Å²) < 4.78 is 1.83. The molecule has 0 bridgehead atoms. The molecule has 0 saturated heterocycles. The highest BCUT2D eigenvalue weighted by atomic mass is 35.5. The molecule has 5 nitrogen and oxygen atoms in total. The van der Waals surface area contributed by atoms with E-state index in [9.17, 15) is 4.79 Å². The molecule has 6 heteroatoms. The highest BCUT2D eigenvalue weighted by Gasteiger charge is 2.05. The predicted molar refractivity (Wildman–Crippen MR) is 60.2 cm³/mol. The van der Waals surface area contributed by atoms with E-state index in [1.54, 1.807) is 0 Å². The number of carbonyl (C=O) groups is 1. The van der Waals surface area contributed by atoms with Gasteiger partial charge in [-0.1, -0.05) is 6.07 Å². The van der Waals surface area contributed by atoms with Crippen LogP contribution in [-0.2, 0) is 11.3 Å². The third kappa shape index (κ3) is 2.30. The van der Waals surface area contributed by atoms with E-state index in [-0.39, 0.29) is 5.91 Å². The first-order valence-electron chi connectivity index (χ1n) is 4.92. The minimum atomic E-state index is -0.0809. The monoisotopic (exact) mass is 238 g/mol. The van der Waals surface area contributed by atoms with Crippen molar-refractivity contribution in [3.63, 3.8) is 0 Å². The first kappa shape index (κ1) is 10.9. The van der Waals surface area contributed by atoms with Gasteiger partial charge in [-0.3, -0.25) is 9.20 Å². The first-order valence-corrected chi connectivity index (χ1v) is 5.46. The van der Waals surface area contributed by atoms with Crippen LogP contribution >= 0.6 is 11.6 Å². The average Bonchev–Trinajstić information content (AvgIpc) is 2.70. The van der Waals surface area contributed by atoms with Gasteiger partial charge in [0.05, 0.1) is 6.54 Å². The molecule has 16 heavy (non-hydrogen) atoms. The van der Waals surface area contributed by atoms with E-state index in [1.807, 2.05) is 28.8 Å². The fourth-order valence-electron chi connectivity index (χ4n) is 1.36. The Labute approximate surface area is 97.4 Å². The molecular formula is C10H11ClN4O. The molecule has 0 aliphatic rings. The van der Waals surface area contributed by atoms with E-state index in [1.165, 1.54) is 0 Å². The number of carbonyl (C=O) groups excluding carboxylic acids is 1. The Morgan fingerprint density at radius 3 is 3.12 bits per heavy atom. The number of hydrogen-bond donors (Lipinski definition) is 1. The number of fused-ring (bicyclic) bond motifs is 1. The van der Waals surface area contributed by atoms with Gasteiger partial charge in [0, 0.05) is 18.5 Å². The van der Waals surface area contributed by atoms with E-state index >= 15 is 0 Å². The molecule has 2 aromatic heterocycles. The molecule has 0 spiro atoms. The number of pyridine rings is 1. The van der Waals surface area contributed by atoms with Crippen LogP contribution in [0.1, 0.15) is 12.2 Å². The van der Waals surface area contributed by atoms with Crippen LogP contribution in [0.5, 0.6) is 0 Å². The van der Waals surface area contributed by atoms with Crippen LogP contribution in [-0.4, -0.2) is 26.4 Å². The second-order valence-electron chi connectivity index (χ2n) is 3.26. The summed E-state index contributed by atoms with van der Waals surface area (Å²) in [5, 5.41) is 10.7. The van der Waals surface area contributed by atoms with E-state index < -0.39 is 0 Å². The Hall–Kier alpha value is -1.62. The lowest BCUT2D eigenvalue weighted by atomic mass is 10.4. The summed E-state index contributed by atoms with van der Waals surface area (Å²) in [6.45, 7) is 0.362. The SMILES string of the molecule is O=C(CCCl)NCc1nnc2ccccn12. The van der Waals surface area contributed by atoms with Gasteiger partial charge in [-0.15, -0.1) is 21.8 Å². The zero-order valence-electron chi connectivity index (χ0n) is 8.56. The maximum absolute atomic E-state index is 11.2. The fourth-order valence-corrected chi connectivity index (χ4v) is 1.53. The molecule has 0 fully saturated rings. The van der Waals surface area contributed by atoms with Crippen LogP contribution in [0.15, 0.2) is 24.4 Å². The van der Waals surface area contributed by atoms with E-state index in [0.717, 1.165) is 5.65 Å². The summed E-state index contributed by atoms with van der Waals surface area (Å²) >= 11 is 5.46. The van der Waals surface area contributed by atoms with Crippen LogP contribution < -0.4 is 5.32 Å². The molecule has 0 unspecified atom stereocenters. The number of nitrogens with zero attached hydrogens (tertiary/aromatic N) is 3. The summed E-state index contributed by atoms with van der Waals surface area (Å²) in [4.78, 5) is 11.2. The fraction of sp³-hybridized carbons (Fsp3) is 0.300. The maximum Gasteiger partial charge on any atom is 0.221 e. The van der Waals surface area contributed by atoms with E-state index in [0.29, 0.717) is 24.7 Å². The lowest BCUT2D eigenvalue weighted by Gasteiger charge is -2.02. The van der Waals surface area contributed by atoms with Crippen molar-refractivity contribution in [1.82, 2.24) is 19.9 Å². The molecule has 1 amide bonds. The first-order chi connectivity index (χ1) is 7.81. The molecule has 2 heterocycles. The molecular weight excluding hydrogens is 228 g/mol. The van der Waals surface area contributed by atoms with Gasteiger partial charge in [-0.2, -0.15) is 0 Å². The number of rotatable bonds is 4. The minimum Gasteiger partial charge on any atom is -0.349 e. The van der Waals surface area contributed by atoms with Gasteiger partial charge in [0.2, 0.25) is 5.91 Å². The van der Waals surface area contributed by atoms with Crippen LogP contribution in [0.25, 0.3) is 5.65 Å².